The monoisotopic (exact) mass is 456 g/mol. The lowest BCUT2D eigenvalue weighted by Crippen LogP contribution is -2.40. The Morgan fingerprint density at radius 2 is 1.91 bits per heavy atom. The minimum atomic E-state index is -0.841. The van der Waals surface area contributed by atoms with Crippen molar-refractivity contribution in [3.05, 3.63) is 69.4 Å². The molecule has 0 bridgehead atoms. The average Bonchev–Trinajstić information content (AvgIpc) is 2.77. The summed E-state index contributed by atoms with van der Waals surface area (Å²) in [6, 6.07) is 6.99. The molecule has 1 atom stereocenters. The molecular weight excluding hydrogens is 431 g/mol. The second-order valence-corrected chi connectivity index (χ2v) is 7.73. The molecule has 0 spiro atoms. The summed E-state index contributed by atoms with van der Waals surface area (Å²) in [5, 5.41) is 25.0. The van der Waals surface area contributed by atoms with Crippen LogP contribution in [0.15, 0.2) is 41.3 Å². The van der Waals surface area contributed by atoms with Gasteiger partial charge in [-0.2, -0.15) is 0 Å². The number of hydrogen-bond donors (Lipinski definition) is 4. The van der Waals surface area contributed by atoms with Crippen molar-refractivity contribution in [1.29, 1.82) is 0 Å². The van der Waals surface area contributed by atoms with Gasteiger partial charge < -0.3 is 25.4 Å². The third-order valence-electron chi connectivity index (χ3n) is 5.04. The van der Waals surface area contributed by atoms with Gasteiger partial charge in [0.25, 0.3) is 11.5 Å². The largest absolute Gasteiger partial charge is 0.505 e. The van der Waals surface area contributed by atoms with E-state index in [9.17, 15) is 29.0 Å². The minimum Gasteiger partial charge on any atom is -0.505 e. The number of halogens is 1. The molecule has 3 aromatic rings. The van der Waals surface area contributed by atoms with E-state index in [1.165, 1.54) is 29.8 Å². The lowest BCUT2D eigenvalue weighted by molar-refractivity contribution is -0.118. The van der Waals surface area contributed by atoms with Crippen molar-refractivity contribution in [1.82, 2.24) is 20.2 Å². The maximum atomic E-state index is 13.2. The number of fused-ring (bicyclic) bond motifs is 1. The van der Waals surface area contributed by atoms with Crippen LogP contribution in [0.25, 0.3) is 11.0 Å². The lowest BCUT2D eigenvalue weighted by Gasteiger charge is -2.17. The molecule has 33 heavy (non-hydrogen) atoms. The number of carbonyl (C=O) groups is 2. The number of amides is 2. The molecule has 0 aliphatic rings. The molecule has 1 aromatic carbocycles. The molecule has 1 unspecified atom stereocenters. The number of nitrogens with one attached hydrogen (secondary N) is 2. The lowest BCUT2D eigenvalue weighted by atomic mass is 10.1. The number of carbonyl (C=O) groups excluding carboxylic acids is 2. The van der Waals surface area contributed by atoms with Gasteiger partial charge in [-0.1, -0.05) is 12.1 Å². The van der Waals surface area contributed by atoms with E-state index in [0.29, 0.717) is 12.0 Å². The number of nitrogens with zero attached hydrogens (tertiary/aromatic N) is 2. The van der Waals surface area contributed by atoms with Crippen molar-refractivity contribution in [3.63, 3.8) is 0 Å². The second kappa shape index (κ2) is 10.2. The van der Waals surface area contributed by atoms with E-state index in [-0.39, 0.29) is 42.5 Å². The molecule has 0 aliphatic carbocycles. The highest BCUT2D eigenvalue weighted by Gasteiger charge is 2.24. The zero-order chi connectivity index (χ0) is 24.1. The van der Waals surface area contributed by atoms with Gasteiger partial charge in [0, 0.05) is 32.3 Å². The van der Waals surface area contributed by atoms with E-state index in [0.717, 1.165) is 5.56 Å². The topological polar surface area (TPSA) is 134 Å². The van der Waals surface area contributed by atoms with Crippen molar-refractivity contribution >= 4 is 22.8 Å². The first-order chi connectivity index (χ1) is 15.7. The summed E-state index contributed by atoms with van der Waals surface area (Å²) in [4.78, 5) is 41.4. The Labute approximate surface area is 188 Å². The Balaban J connectivity index is 2.11. The summed E-state index contributed by atoms with van der Waals surface area (Å²) in [7, 11) is 0. The Morgan fingerprint density at radius 3 is 2.55 bits per heavy atom. The van der Waals surface area contributed by atoms with E-state index in [1.807, 2.05) is 0 Å². The van der Waals surface area contributed by atoms with Crippen LogP contribution in [0.4, 0.5) is 4.39 Å². The molecule has 3 rings (SSSR count). The third kappa shape index (κ3) is 5.53. The molecule has 174 valence electrons. The molecule has 0 saturated carbocycles. The zero-order valence-electron chi connectivity index (χ0n) is 18.3. The summed E-state index contributed by atoms with van der Waals surface area (Å²) in [5.74, 6) is -2.04. The van der Waals surface area contributed by atoms with Crippen molar-refractivity contribution in [2.75, 3.05) is 13.2 Å². The first-order valence-electron chi connectivity index (χ1n) is 10.4. The molecule has 4 N–H and O–H groups in total. The average molecular weight is 456 g/mol. The van der Waals surface area contributed by atoms with Gasteiger partial charge in [0.2, 0.25) is 5.91 Å². The van der Waals surface area contributed by atoms with Gasteiger partial charge in [0.15, 0.2) is 5.75 Å². The van der Waals surface area contributed by atoms with Crippen molar-refractivity contribution in [2.24, 2.45) is 0 Å². The number of pyridine rings is 2. The predicted octanol–water partition coefficient (Wildman–Crippen LogP) is 1.08. The Bertz CT molecular complexity index is 1240. The molecule has 0 radical (unpaired) electrons. The number of aromatic hydroxyl groups is 1. The first-order valence-corrected chi connectivity index (χ1v) is 10.4. The van der Waals surface area contributed by atoms with Crippen LogP contribution in [0.5, 0.6) is 5.75 Å². The number of rotatable bonds is 8. The number of hydrogen-bond acceptors (Lipinski definition) is 6. The van der Waals surface area contributed by atoms with E-state index in [1.54, 1.807) is 25.1 Å². The SMILES string of the molecule is CC(=O)NCCn1c(=O)c(C(=O)NC(C)CO)c(O)c2ncc(Cc3ccc(F)cc3)cc21. The molecule has 9 nitrogen and oxygen atoms in total. The van der Waals surface area contributed by atoms with Gasteiger partial charge in [0.05, 0.1) is 12.1 Å². The van der Waals surface area contributed by atoms with Crippen LogP contribution in [0, 0.1) is 5.82 Å². The van der Waals surface area contributed by atoms with E-state index >= 15 is 0 Å². The van der Waals surface area contributed by atoms with Crippen LogP contribution in [0.2, 0.25) is 0 Å². The maximum absolute atomic E-state index is 13.2. The standard InChI is InChI=1S/C23H25FN4O5/c1-13(12-29)27-22(32)19-21(31)20-18(28(23(19)33)8-7-25-14(2)30)10-16(11-26-20)9-15-3-5-17(24)6-4-15/h3-6,10-11,13,29,31H,7-9,12H2,1-2H3,(H,25,30)(H,27,32). The number of aliphatic hydroxyl groups excluding tert-OH is 1. The molecule has 0 aliphatic heterocycles. The summed E-state index contributed by atoms with van der Waals surface area (Å²) >= 11 is 0. The predicted molar refractivity (Wildman–Crippen MR) is 120 cm³/mol. The summed E-state index contributed by atoms with van der Waals surface area (Å²) < 4.78 is 14.5. The van der Waals surface area contributed by atoms with Crippen molar-refractivity contribution in [3.8, 4) is 5.75 Å². The molecule has 0 fully saturated rings. The minimum absolute atomic E-state index is 0.0344. The van der Waals surface area contributed by atoms with Crippen molar-refractivity contribution in [2.45, 2.75) is 32.9 Å². The Morgan fingerprint density at radius 1 is 1.21 bits per heavy atom. The van der Waals surface area contributed by atoms with Gasteiger partial charge >= 0.3 is 0 Å². The van der Waals surface area contributed by atoms with Crippen molar-refractivity contribution < 1.29 is 24.2 Å². The number of benzene rings is 1. The van der Waals surface area contributed by atoms with Gasteiger partial charge in [-0.15, -0.1) is 0 Å². The van der Waals surface area contributed by atoms with Crippen LogP contribution in [0.1, 0.15) is 35.3 Å². The highest BCUT2D eigenvalue weighted by atomic mass is 19.1. The first kappa shape index (κ1) is 23.9. The van der Waals surface area contributed by atoms with Gasteiger partial charge in [-0.3, -0.25) is 19.4 Å². The third-order valence-corrected chi connectivity index (χ3v) is 5.04. The molecule has 2 aromatic heterocycles. The molecular formula is C23H25FN4O5. The molecule has 2 heterocycles. The molecule has 0 saturated heterocycles. The van der Waals surface area contributed by atoms with Crippen LogP contribution < -0.4 is 16.2 Å². The van der Waals surface area contributed by atoms with Gasteiger partial charge in [-0.25, -0.2) is 4.39 Å². The summed E-state index contributed by atoms with van der Waals surface area (Å²) in [5.41, 5.74) is 0.602. The summed E-state index contributed by atoms with van der Waals surface area (Å²) in [6.45, 7) is 2.69. The van der Waals surface area contributed by atoms with Gasteiger partial charge in [-0.05, 0) is 42.7 Å². The normalized spacial score (nSPS) is 11.9. The smallest absolute Gasteiger partial charge is 0.267 e. The van der Waals surface area contributed by atoms with Crippen LogP contribution in [-0.2, 0) is 17.8 Å². The Kier molecular flexibility index (Phi) is 7.39. The highest BCUT2D eigenvalue weighted by Crippen LogP contribution is 2.26. The van der Waals surface area contributed by atoms with Crippen LogP contribution in [0.3, 0.4) is 0 Å². The fourth-order valence-corrected chi connectivity index (χ4v) is 3.39. The number of aromatic nitrogens is 2. The zero-order valence-corrected chi connectivity index (χ0v) is 18.3. The highest BCUT2D eigenvalue weighted by molar-refractivity contribution is 6.01. The van der Waals surface area contributed by atoms with E-state index in [2.05, 4.69) is 15.6 Å². The summed E-state index contributed by atoms with van der Waals surface area (Å²) in [6.07, 6.45) is 1.91. The van der Waals surface area contributed by atoms with Crippen LogP contribution in [-0.4, -0.2) is 50.8 Å². The van der Waals surface area contributed by atoms with E-state index < -0.39 is 28.8 Å². The van der Waals surface area contributed by atoms with Crippen LogP contribution >= 0.6 is 0 Å². The maximum Gasteiger partial charge on any atom is 0.267 e. The quantitative estimate of drug-likeness (QED) is 0.401. The molecule has 10 heteroatoms. The molecule has 2 amide bonds. The van der Waals surface area contributed by atoms with E-state index in [4.69, 9.17) is 0 Å². The number of aliphatic hydroxyl groups is 1. The van der Waals surface area contributed by atoms with Gasteiger partial charge in [0.1, 0.15) is 16.9 Å². The second-order valence-electron chi connectivity index (χ2n) is 7.73. The Hall–Kier alpha value is -3.79. The fraction of sp³-hybridized carbons (Fsp3) is 0.304. The fourth-order valence-electron chi connectivity index (χ4n) is 3.39.